The molecule has 0 saturated carbocycles. The fraction of sp³-hybridized carbons (Fsp3) is 0.706. The minimum atomic E-state index is -0.292. The number of hydrogen-bond donors (Lipinski definition) is 2. The Hall–Kier alpha value is -1.89. The SMILES string of the molecule is Cc1cc(C2CCCN(CC(=O)N3CCCC(C(N)=O)C3)C2)n[nH]1. The number of nitrogens with one attached hydrogen (secondary N) is 1. The molecule has 3 heterocycles. The molecule has 0 aliphatic carbocycles. The molecule has 2 fully saturated rings. The summed E-state index contributed by atoms with van der Waals surface area (Å²) in [5, 5.41) is 7.38. The average molecular weight is 333 g/mol. The third kappa shape index (κ3) is 3.95. The fourth-order valence-corrected chi connectivity index (χ4v) is 3.82. The molecule has 7 nitrogen and oxygen atoms in total. The van der Waals surface area contributed by atoms with Crippen LogP contribution in [0.1, 0.15) is 43.0 Å². The van der Waals surface area contributed by atoms with Crippen molar-refractivity contribution in [3.8, 4) is 0 Å². The maximum atomic E-state index is 12.6. The lowest BCUT2D eigenvalue weighted by Gasteiger charge is -2.35. The van der Waals surface area contributed by atoms with E-state index in [-0.39, 0.29) is 17.7 Å². The molecular formula is C17H27N5O2. The van der Waals surface area contributed by atoms with Gasteiger partial charge in [0.15, 0.2) is 0 Å². The maximum Gasteiger partial charge on any atom is 0.236 e. The predicted molar refractivity (Wildman–Crippen MR) is 90.2 cm³/mol. The molecule has 3 rings (SSSR count). The number of hydrogen-bond acceptors (Lipinski definition) is 4. The number of carbonyl (C=O) groups excluding carboxylic acids is 2. The Labute approximate surface area is 142 Å². The normalized spacial score (nSPS) is 25.6. The monoisotopic (exact) mass is 333 g/mol. The van der Waals surface area contributed by atoms with Crippen LogP contribution >= 0.6 is 0 Å². The summed E-state index contributed by atoms with van der Waals surface area (Å²) in [6.45, 7) is 5.45. The zero-order valence-corrected chi connectivity index (χ0v) is 14.3. The zero-order valence-electron chi connectivity index (χ0n) is 14.3. The van der Waals surface area contributed by atoms with Crippen molar-refractivity contribution in [2.45, 2.75) is 38.5 Å². The molecule has 3 N–H and O–H groups in total. The highest BCUT2D eigenvalue weighted by atomic mass is 16.2. The van der Waals surface area contributed by atoms with Gasteiger partial charge in [0.2, 0.25) is 11.8 Å². The minimum absolute atomic E-state index is 0.111. The van der Waals surface area contributed by atoms with E-state index in [2.05, 4.69) is 21.2 Å². The summed E-state index contributed by atoms with van der Waals surface area (Å²) in [5.74, 6) is 0.0132. The number of aryl methyl sites for hydroxylation is 1. The number of aromatic nitrogens is 2. The molecule has 1 aromatic heterocycles. The number of piperidine rings is 2. The number of H-pyrrole nitrogens is 1. The molecule has 2 aliphatic heterocycles. The van der Waals surface area contributed by atoms with Crippen LogP contribution in [0.5, 0.6) is 0 Å². The Bertz CT molecular complexity index is 600. The van der Waals surface area contributed by atoms with E-state index in [4.69, 9.17) is 5.73 Å². The third-order valence-electron chi connectivity index (χ3n) is 5.18. The Morgan fingerprint density at radius 1 is 1.29 bits per heavy atom. The summed E-state index contributed by atoms with van der Waals surface area (Å²) in [6, 6.07) is 2.10. The first-order valence-electron chi connectivity index (χ1n) is 8.84. The van der Waals surface area contributed by atoms with E-state index in [0.717, 1.165) is 56.7 Å². The van der Waals surface area contributed by atoms with Crippen molar-refractivity contribution in [2.24, 2.45) is 11.7 Å². The molecule has 24 heavy (non-hydrogen) atoms. The Balaban J connectivity index is 1.55. The Morgan fingerprint density at radius 3 is 2.79 bits per heavy atom. The maximum absolute atomic E-state index is 12.6. The van der Waals surface area contributed by atoms with Gasteiger partial charge in [-0.1, -0.05) is 0 Å². The number of likely N-dealkylation sites (tertiary alicyclic amines) is 2. The van der Waals surface area contributed by atoms with Gasteiger partial charge in [-0.15, -0.1) is 0 Å². The van der Waals surface area contributed by atoms with Crippen LogP contribution < -0.4 is 5.73 Å². The van der Waals surface area contributed by atoms with E-state index in [1.165, 1.54) is 0 Å². The molecule has 2 atom stereocenters. The van der Waals surface area contributed by atoms with Gasteiger partial charge in [-0.3, -0.25) is 19.6 Å². The van der Waals surface area contributed by atoms with Crippen LogP contribution in [0.3, 0.4) is 0 Å². The number of primary amides is 1. The van der Waals surface area contributed by atoms with Crippen molar-refractivity contribution >= 4 is 11.8 Å². The molecule has 0 bridgehead atoms. The Morgan fingerprint density at radius 2 is 2.08 bits per heavy atom. The largest absolute Gasteiger partial charge is 0.369 e. The highest BCUT2D eigenvalue weighted by Gasteiger charge is 2.29. The minimum Gasteiger partial charge on any atom is -0.369 e. The van der Waals surface area contributed by atoms with Crippen LogP contribution in [0, 0.1) is 12.8 Å². The lowest BCUT2D eigenvalue weighted by Crippen LogP contribution is -2.48. The van der Waals surface area contributed by atoms with E-state index in [0.29, 0.717) is 19.0 Å². The van der Waals surface area contributed by atoms with Crippen molar-refractivity contribution in [1.29, 1.82) is 0 Å². The molecule has 2 aliphatic rings. The molecule has 132 valence electrons. The van der Waals surface area contributed by atoms with E-state index in [9.17, 15) is 9.59 Å². The average Bonchev–Trinajstić information content (AvgIpc) is 3.02. The van der Waals surface area contributed by atoms with Crippen molar-refractivity contribution in [3.05, 3.63) is 17.5 Å². The first-order valence-corrected chi connectivity index (χ1v) is 8.84. The van der Waals surface area contributed by atoms with Crippen molar-refractivity contribution < 1.29 is 9.59 Å². The summed E-state index contributed by atoms with van der Waals surface area (Å²) in [7, 11) is 0. The number of nitrogens with two attached hydrogens (primary N) is 1. The van der Waals surface area contributed by atoms with E-state index in [1.54, 1.807) is 4.90 Å². The second-order valence-electron chi connectivity index (χ2n) is 7.13. The van der Waals surface area contributed by atoms with Crippen LogP contribution in [0.25, 0.3) is 0 Å². The van der Waals surface area contributed by atoms with Gasteiger partial charge in [0.05, 0.1) is 18.2 Å². The summed E-state index contributed by atoms with van der Waals surface area (Å²) in [4.78, 5) is 28.0. The smallest absolute Gasteiger partial charge is 0.236 e. The van der Waals surface area contributed by atoms with Gasteiger partial charge in [0, 0.05) is 31.2 Å². The van der Waals surface area contributed by atoms with Gasteiger partial charge in [-0.2, -0.15) is 5.10 Å². The number of nitrogens with zero attached hydrogens (tertiary/aromatic N) is 3. The number of aromatic amines is 1. The van der Waals surface area contributed by atoms with Crippen molar-refractivity contribution in [1.82, 2.24) is 20.0 Å². The summed E-state index contributed by atoms with van der Waals surface area (Å²) < 4.78 is 0. The first-order chi connectivity index (χ1) is 11.5. The third-order valence-corrected chi connectivity index (χ3v) is 5.18. The quantitative estimate of drug-likeness (QED) is 0.844. The van der Waals surface area contributed by atoms with Crippen LogP contribution in [-0.4, -0.2) is 64.5 Å². The molecule has 1 aromatic rings. The standard InChI is InChI=1S/C17H27N5O2/c1-12-8-15(20-19-12)13-4-2-6-21(9-13)11-16(23)22-7-3-5-14(10-22)17(18)24/h8,13-14H,2-7,9-11H2,1H3,(H2,18,24)(H,19,20). The van der Waals surface area contributed by atoms with Crippen LogP contribution in [0.15, 0.2) is 6.07 Å². The molecule has 0 spiro atoms. The van der Waals surface area contributed by atoms with E-state index >= 15 is 0 Å². The molecular weight excluding hydrogens is 306 g/mol. The van der Waals surface area contributed by atoms with E-state index in [1.807, 2.05) is 6.92 Å². The van der Waals surface area contributed by atoms with Gasteiger partial charge in [0.1, 0.15) is 0 Å². The topological polar surface area (TPSA) is 95.3 Å². The van der Waals surface area contributed by atoms with Crippen molar-refractivity contribution in [3.63, 3.8) is 0 Å². The molecule has 2 saturated heterocycles. The van der Waals surface area contributed by atoms with Gasteiger partial charge in [-0.25, -0.2) is 0 Å². The number of rotatable bonds is 4. The fourth-order valence-electron chi connectivity index (χ4n) is 3.82. The van der Waals surface area contributed by atoms with E-state index < -0.39 is 0 Å². The predicted octanol–water partition coefficient (Wildman–Crippen LogP) is 0.621. The van der Waals surface area contributed by atoms with Gasteiger partial charge in [-0.05, 0) is 45.2 Å². The summed E-state index contributed by atoms with van der Waals surface area (Å²) >= 11 is 0. The van der Waals surface area contributed by atoms with Gasteiger partial charge < -0.3 is 10.6 Å². The van der Waals surface area contributed by atoms with Gasteiger partial charge in [0.25, 0.3) is 0 Å². The number of amides is 2. The lowest BCUT2D eigenvalue weighted by atomic mass is 9.94. The summed E-state index contributed by atoms with van der Waals surface area (Å²) in [5.41, 5.74) is 7.57. The molecule has 2 unspecified atom stereocenters. The van der Waals surface area contributed by atoms with Gasteiger partial charge >= 0.3 is 0 Å². The molecule has 0 radical (unpaired) electrons. The first kappa shape index (κ1) is 17.0. The second kappa shape index (κ2) is 7.34. The zero-order chi connectivity index (χ0) is 17.1. The van der Waals surface area contributed by atoms with Crippen LogP contribution in [0.4, 0.5) is 0 Å². The second-order valence-corrected chi connectivity index (χ2v) is 7.13. The molecule has 2 amide bonds. The molecule has 0 aromatic carbocycles. The lowest BCUT2D eigenvalue weighted by molar-refractivity contribution is -0.136. The molecule has 7 heteroatoms. The highest BCUT2D eigenvalue weighted by molar-refractivity contribution is 5.81. The van der Waals surface area contributed by atoms with Crippen LogP contribution in [0.2, 0.25) is 0 Å². The highest BCUT2D eigenvalue weighted by Crippen LogP contribution is 2.26. The van der Waals surface area contributed by atoms with Crippen LogP contribution in [-0.2, 0) is 9.59 Å². The Kier molecular flexibility index (Phi) is 5.18. The summed E-state index contributed by atoms with van der Waals surface area (Å²) in [6.07, 6.45) is 3.84. The number of carbonyl (C=O) groups is 2. The van der Waals surface area contributed by atoms with Crippen molar-refractivity contribution in [2.75, 3.05) is 32.7 Å².